The molecule has 0 radical (unpaired) electrons. The number of Topliss-reactive ketones (excluding diaryl/α,β-unsaturated/α-hetero) is 2. The zero-order valence-electron chi connectivity index (χ0n) is 59.2. The predicted molar refractivity (Wildman–Crippen MR) is 371 cm³/mol. The van der Waals surface area contributed by atoms with Crippen molar-refractivity contribution >= 4 is 75.7 Å². The molecular weight excluding hydrogens is 1240 g/mol. The maximum Gasteiger partial charge on any atom is 0.410 e. The van der Waals surface area contributed by atoms with E-state index in [2.05, 4.69) is 31.6 Å². The molecule has 1 saturated heterocycles. The number of likely N-dealkylation sites (N-methyl/N-ethyl adjacent to an activating group) is 2. The van der Waals surface area contributed by atoms with Gasteiger partial charge in [0.1, 0.15) is 24.5 Å². The van der Waals surface area contributed by atoms with Crippen molar-refractivity contribution in [2.75, 3.05) is 53.3 Å². The number of likely N-dealkylation sites (tertiary alicyclic amines) is 1. The number of hydrogen-bond donors (Lipinski definition) is 8. The number of urea groups is 1. The number of benzene rings is 3. The first-order valence-corrected chi connectivity index (χ1v) is 34.3. The molecule has 534 valence electrons. The number of fused-ring (bicyclic) bond motifs is 1. The Hall–Kier alpha value is -8.22. The van der Waals surface area contributed by atoms with Gasteiger partial charge in [0.25, 0.3) is 0 Å². The maximum absolute atomic E-state index is 14.9. The minimum atomic E-state index is -1.08. The molecule has 1 aliphatic heterocycles. The van der Waals surface area contributed by atoms with E-state index >= 15 is 0 Å². The van der Waals surface area contributed by atoms with E-state index in [0.29, 0.717) is 50.0 Å². The predicted octanol–water partition coefficient (Wildman–Crippen LogP) is 8.15. The van der Waals surface area contributed by atoms with Crippen LogP contribution in [0.3, 0.4) is 0 Å². The molecule has 1 aliphatic rings. The number of H-pyrrole nitrogens is 1. The number of aromatic amines is 1. The fourth-order valence-corrected chi connectivity index (χ4v) is 13.1. The second kappa shape index (κ2) is 39.2. The molecule has 0 saturated carbocycles. The van der Waals surface area contributed by atoms with Gasteiger partial charge in [0.15, 0.2) is 5.78 Å². The number of aliphatic hydroxyl groups excluding tert-OH is 1. The molecule has 5 rings (SSSR count). The van der Waals surface area contributed by atoms with E-state index in [1.165, 1.54) is 19.1 Å². The first kappa shape index (κ1) is 79.5. The van der Waals surface area contributed by atoms with Gasteiger partial charge in [-0.05, 0) is 97.6 Å². The normalized spacial score (nSPS) is 16.5. The average molecular weight is 1350 g/mol. The van der Waals surface area contributed by atoms with Crippen LogP contribution in [-0.4, -0.2) is 174 Å². The van der Waals surface area contributed by atoms with E-state index in [1.54, 1.807) is 75.2 Å². The second-order valence-electron chi connectivity index (χ2n) is 26.7. The van der Waals surface area contributed by atoms with Gasteiger partial charge >= 0.3 is 12.1 Å². The molecule has 3 aromatic carbocycles. The molecule has 9 N–H and O–H groups in total. The number of nitrogens with one attached hydrogen (secondary N) is 6. The minimum Gasteiger partial charge on any atom is -0.445 e. The van der Waals surface area contributed by atoms with Gasteiger partial charge in [0, 0.05) is 115 Å². The first-order chi connectivity index (χ1) is 46.1. The minimum absolute atomic E-state index is 0.00164. The zero-order chi connectivity index (χ0) is 71.6. The Kier molecular flexibility index (Phi) is 32.2. The molecule has 12 atom stereocenters. The fraction of sp³-hybridized carbons (Fsp3) is 0.589. The van der Waals surface area contributed by atoms with Crippen LogP contribution in [0.5, 0.6) is 0 Å². The number of anilines is 1. The number of methoxy groups -OCH3 is 2. The van der Waals surface area contributed by atoms with Gasteiger partial charge in [-0.25, -0.2) is 9.59 Å². The quantitative estimate of drug-likeness (QED) is 0.0195. The fourth-order valence-electron chi connectivity index (χ4n) is 13.1. The van der Waals surface area contributed by atoms with Crippen molar-refractivity contribution in [1.29, 1.82) is 0 Å². The molecule has 4 aromatic rings. The van der Waals surface area contributed by atoms with Gasteiger partial charge in [0.2, 0.25) is 35.4 Å². The summed E-state index contributed by atoms with van der Waals surface area (Å²) in [7, 11) is 6.15. The van der Waals surface area contributed by atoms with Crippen LogP contribution in [0.25, 0.3) is 10.9 Å². The lowest BCUT2D eigenvalue weighted by Crippen LogP contribution is -2.60. The second-order valence-corrected chi connectivity index (χ2v) is 26.7. The van der Waals surface area contributed by atoms with Crippen molar-refractivity contribution in [3.63, 3.8) is 0 Å². The molecule has 1 fully saturated rings. The Morgan fingerprint density at radius 3 is 2.03 bits per heavy atom. The molecule has 1 aromatic heterocycles. The van der Waals surface area contributed by atoms with Gasteiger partial charge in [-0.2, -0.15) is 0 Å². The van der Waals surface area contributed by atoms with Gasteiger partial charge < -0.3 is 66.4 Å². The van der Waals surface area contributed by atoms with E-state index in [4.69, 9.17) is 19.9 Å². The van der Waals surface area contributed by atoms with Crippen LogP contribution in [-0.2, 0) is 65.6 Å². The highest BCUT2D eigenvalue weighted by Crippen LogP contribution is 2.33. The summed E-state index contributed by atoms with van der Waals surface area (Å²) in [4.78, 5) is 145. The third-order valence-corrected chi connectivity index (χ3v) is 18.8. The Morgan fingerprint density at radius 1 is 0.732 bits per heavy atom. The third kappa shape index (κ3) is 23.2. The van der Waals surface area contributed by atoms with Crippen molar-refractivity contribution < 1.29 is 67.3 Å². The monoisotopic (exact) mass is 1350 g/mol. The number of ether oxygens (including phenoxy) is 3. The highest BCUT2D eigenvalue weighted by atomic mass is 16.6. The summed E-state index contributed by atoms with van der Waals surface area (Å²) in [6, 6.07) is 18.4. The van der Waals surface area contributed by atoms with Crippen LogP contribution < -0.4 is 32.3 Å². The number of para-hydroxylation sites is 1. The number of carbonyl (C=O) groups is 10. The molecule has 24 nitrogen and oxygen atoms in total. The molecule has 9 amide bonds. The third-order valence-electron chi connectivity index (χ3n) is 18.8. The topological polar surface area (TPSA) is 330 Å². The van der Waals surface area contributed by atoms with E-state index in [0.717, 1.165) is 22.0 Å². The highest BCUT2D eigenvalue weighted by molar-refractivity contribution is 5.98. The summed E-state index contributed by atoms with van der Waals surface area (Å²) < 4.78 is 17.9. The summed E-state index contributed by atoms with van der Waals surface area (Å²) in [5.41, 5.74) is 8.58. The number of carbonyl (C=O) groups excluding carboxylic acids is 10. The lowest BCUT2D eigenvalue weighted by molar-refractivity contribution is -0.148. The first-order valence-electron chi connectivity index (χ1n) is 34.3. The van der Waals surface area contributed by atoms with Crippen LogP contribution in [0.1, 0.15) is 156 Å². The van der Waals surface area contributed by atoms with Gasteiger partial charge in [-0.15, -0.1) is 0 Å². The smallest absolute Gasteiger partial charge is 0.410 e. The van der Waals surface area contributed by atoms with E-state index < -0.39 is 114 Å². The van der Waals surface area contributed by atoms with Crippen molar-refractivity contribution in [3.05, 3.63) is 102 Å². The summed E-state index contributed by atoms with van der Waals surface area (Å²) in [5, 5.41) is 25.9. The highest BCUT2D eigenvalue weighted by Gasteiger charge is 2.44. The number of nitrogens with zero attached hydrogens (tertiary/aromatic N) is 3. The van der Waals surface area contributed by atoms with Crippen molar-refractivity contribution in [2.24, 2.45) is 41.2 Å². The lowest BCUT2D eigenvalue weighted by atomic mass is 9.85. The number of aliphatic hydroxyl groups is 1. The largest absolute Gasteiger partial charge is 0.445 e. The van der Waals surface area contributed by atoms with Crippen LogP contribution in [0.15, 0.2) is 85.1 Å². The lowest BCUT2D eigenvalue weighted by Gasteiger charge is -2.41. The summed E-state index contributed by atoms with van der Waals surface area (Å²) in [5.74, 6) is -5.63. The Bertz CT molecular complexity index is 3230. The number of hydrogen-bond acceptors (Lipinski definition) is 14. The summed E-state index contributed by atoms with van der Waals surface area (Å²) >= 11 is 0. The zero-order valence-corrected chi connectivity index (χ0v) is 59.2. The Balaban J connectivity index is 1.22. The van der Waals surface area contributed by atoms with Gasteiger partial charge in [-0.3, -0.25) is 43.3 Å². The molecule has 97 heavy (non-hydrogen) atoms. The molecule has 0 bridgehead atoms. The Labute approximate surface area is 572 Å². The number of amides is 9. The average Bonchev–Trinajstić information content (AvgIpc) is 1.76. The summed E-state index contributed by atoms with van der Waals surface area (Å²) in [6.07, 6.45) is 1.52. The molecule has 2 heterocycles. The molecule has 0 spiro atoms. The van der Waals surface area contributed by atoms with Crippen molar-refractivity contribution in [2.45, 2.75) is 194 Å². The van der Waals surface area contributed by atoms with Gasteiger partial charge in [-0.1, -0.05) is 122 Å². The maximum atomic E-state index is 14.9. The number of nitrogens with two attached hydrogens (primary N) is 1. The van der Waals surface area contributed by atoms with Crippen molar-refractivity contribution in [3.8, 4) is 0 Å². The molecular formula is C73H108N10O14. The van der Waals surface area contributed by atoms with E-state index in [-0.39, 0.29) is 94.0 Å². The van der Waals surface area contributed by atoms with E-state index in [1.807, 2.05) is 96.1 Å². The Morgan fingerprint density at radius 2 is 1.40 bits per heavy atom. The number of ketones is 2. The van der Waals surface area contributed by atoms with Crippen molar-refractivity contribution in [1.82, 2.24) is 41.0 Å². The van der Waals surface area contributed by atoms with Crippen LogP contribution >= 0.6 is 0 Å². The standard InChI is InChI=1S/C73H108N10O14/c1-14-46(7)66(60(95-12)41-63(88)83-37-23-29-57(83)68(96-13)48(9)58(84)38-47(8)67(89)50-24-17-16-18-25-50)81(10)71(92)64(44(3)4)80-70(91)65(45(5)6)82(11)73(94)97-43-49-32-34-53(35-33-49)78-69(90)51(26-22-36-76-72(74)93)40-59(85)56(79-62(87)31-21-30-61(86)75-15-2)39-52-42-77-55-28-20-19-27-54(52)55/h16-20,24-25,27-28,32-35,42,44-48,51,56-57,60,64-68,77,89H,14-15,21-23,26,29-31,36-41,43H2,1-13H3,(H,75,86)(H,78,90)(H,79,87)(H,80,91)(H3,74,76,93)/t46-,47-,48-,51+,56-,57-,60+,64-,65-,66-,67+,68+/m0/s1. The van der Waals surface area contributed by atoms with Gasteiger partial charge in [0.05, 0.1) is 42.9 Å². The van der Waals surface area contributed by atoms with Crippen LogP contribution in [0.4, 0.5) is 15.3 Å². The number of rotatable bonds is 40. The summed E-state index contributed by atoms with van der Waals surface area (Å²) in [6.45, 7) is 17.4. The molecule has 0 unspecified atom stereocenters. The van der Waals surface area contributed by atoms with Crippen LogP contribution in [0.2, 0.25) is 0 Å². The van der Waals surface area contributed by atoms with E-state index in [9.17, 15) is 53.1 Å². The number of primary amides is 1. The molecule has 24 heteroatoms. The number of aromatic nitrogens is 1. The van der Waals surface area contributed by atoms with Crippen LogP contribution in [0, 0.1) is 35.5 Å². The molecule has 0 aliphatic carbocycles. The SMILES string of the molecule is CCNC(=O)CCCC(=O)N[C@@H](Cc1c[nH]c2ccccc12)C(=O)C[C@@H](CCCNC(N)=O)C(=O)Nc1ccc(COC(=O)N(C)[C@H](C(=O)N[C@H](C(=O)N(C)[C@@H]([C@@H](C)CC)[C@@H](CC(=O)N2CCC[C@H]2[C@H](OC)[C@@H](C)C(=O)C[C@H](C)[C@@H](O)c2ccccc2)OC)C(C)C)C(C)C)cc1.